The van der Waals surface area contributed by atoms with Crippen molar-refractivity contribution >= 4 is 27.3 Å². The maximum absolute atomic E-state index is 12.9. The van der Waals surface area contributed by atoms with Gasteiger partial charge in [0.1, 0.15) is 17.4 Å². The van der Waals surface area contributed by atoms with E-state index in [0.29, 0.717) is 11.4 Å². The molecule has 0 saturated heterocycles. The van der Waals surface area contributed by atoms with Crippen molar-refractivity contribution in [3.8, 4) is 5.75 Å². The fraction of sp³-hybridized carbons (Fsp3) is 0.0500. The summed E-state index contributed by atoms with van der Waals surface area (Å²) in [5, 5.41) is 2.59. The Hall–Kier alpha value is -3.46. The quantitative estimate of drug-likeness (QED) is 0.612. The van der Waals surface area contributed by atoms with Crippen LogP contribution in [0.1, 0.15) is 0 Å². The van der Waals surface area contributed by atoms with Crippen LogP contribution in [0.25, 0.3) is 0 Å². The number of hydrogen-bond acceptors (Lipinski definition) is 4. The van der Waals surface area contributed by atoms with E-state index in [0.717, 1.165) is 24.3 Å². The molecular weight excluding hydrogens is 402 g/mol. The van der Waals surface area contributed by atoms with Crippen LogP contribution in [0, 0.1) is 11.6 Å². The Morgan fingerprint density at radius 1 is 0.793 bits per heavy atom. The number of halogens is 2. The van der Waals surface area contributed by atoms with Gasteiger partial charge >= 0.3 is 0 Å². The molecule has 0 bridgehead atoms. The fourth-order valence-electron chi connectivity index (χ4n) is 2.33. The largest absolute Gasteiger partial charge is 0.484 e. The molecule has 29 heavy (non-hydrogen) atoms. The third-order valence-corrected chi connectivity index (χ3v) is 5.13. The van der Waals surface area contributed by atoms with E-state index in [-0.39, 0.29) is 17.2 Å². The summed E-state index contributed by atoms with van der Waals surface area (Å²) in [4.78, 5) is 11.9. The number of sulfonamides is 1. The van der Waals surface area contributed by atoms with Crippen molar-refractivity contribution in [1.29, 1.82) is 0 Å². The summed E-state index contributed by atoms with van der Waals surface area (Å²) in [5.41, 5.74) is 0.706. The van der Waals surface area contributed by atoms with E-state index in [1.54, 1.807) is 0 Å². The smallest absolute Gasteiger partial charge is 0.262 e. The van der Waals surface area contributed by atoms with Crippen molar-refractivity contribution in [2.24, 2.45) is 0 Å². The van der Waals surface area contributed by atoms with Gasteiger partial charge in [0.05, 0.1) is 4.90 Å². The number of carbonyl (C=O) groups excluding carboxylic acids is 1. The van der Waals surface area contributed by atoms with Crippen molar-refractivity contribution < 1.29 is 26.7 Å². The zero-order valence-electron chi connectivity index (χ0n) is 14.9. The lowest BCUT2D eigenvalue weighted by atomic mass is 10.3. The van der Waals surface area contributed by atoms with Crippen LogP contribution in [-0.2, 0) is 14.8 Å². The van der Waals surface area contributed by atoms with Crippen LogP contribution in [0.2, 0.25) is 0 Å². The van der Waals surface area contributed by atoms with Crippen molar-refractivity contribution in [3.05, 3.63) is 84.4 Å². The average Bonchev–Trinajstić information content (AvgIpc) is 2.69. The Bertz CT molecular complexity index is 1080. The van der Waals surface area contributed by atoms with Crippen LogP contribution in [0.15, 0.2) is 77.7 Å². The van der Waals surface area contributed by atoms with Gasteiger partial charge in [0.25, 0.3) is 15.9 Å². The maximum atomic E-state index is 12.9. The molecule has 0 aliphatic heterocycles. The van der Waals surface area contributed by atoms with Crippen LogP contribution in [0.5, 0.6) is 5.75 Å². The summed E-state index contributed by atoms with van der Waals surface area (Å²) in [7, 11) is -3.86. The first-order valence-electron chi connectivity index (χ1n) is 8.38. The molecule has 0 atom stereocenters. The predicted molar refractivity (Wildman–Crippen MR) is 104 cm³/mol. The number of amides is 1. The maximum Gasteiger partial charge on any atom is 0.262 e. The topological polar surface area (TPSA) is 84.5 Å². The highest BCUT2D eigenvalue weighted by molar-refractivity contribution is 7.92. The lowest BCUT2D eigenvalue weighted by molar-refractivity contribution is -0.118. The fourth-order valence-corrected chi connectivity index (χ4v) is 3.38. The first kappa shape index (κ1) is 20.3. The number of carbonyl (C=O) groups is 1. The Morgan fingerprint density at radius 2 is 1.31 bits per heavy atom. The van der Waals surface area contributed by atoms with Gasteiger partial charge in [0, 0.05) is 11.4 Å². The zero-order chi connectivity index (χ0) is 20.9. The molecule has 0 aliphatic carbocycles. The number of hydrogen-bond donors (Lipinski definition) is 2. The average molecular weight is 418 g/mol. The molecule has 0 fully saturated rings. The molecule has 0 heterocycles. The van der Waals surface area contributed by atoms with Crippen LogP contribution in [0.4, 0.5) is 20.2 Å². The molecule has 0 aliphatic rings. The first-order valence-corrected chi connectivity index (χ1v) is 9.87. The lowest BCUT2D eigenvalue weighted by Crippen LogP contribution is -2.20. The van der Waals surface area contributed by atoms with E-state index in [1.165, 1.54) is 48.5 Å². The van der Waals surface area contributed by atoms with Gasteiger partial charge in [0.2, 0.25) is 0 Å². The summed E-state index contributed by atoms with van der Waals surface area (Å²) in [6.07, 6.45) is 0. The third kappa shape index (κ3) is 5.76. The molecule has 0 saturated carbocycles. The molecule has 3 aromatic rings. The molecule has 150 valence electrons. The molecule has 0 spiro atoms. The van der Waals surface area contributed by atoms with Gasteiger partial charge < -0.3 is 10.1 Å². The van der Waals surface area contributed by atoms with E-state index < -0.39 is 27.6 Å². The molecule has 3 rings (SSSR count). The van der Waals surface area contributed by atoms with Crippen LogP contribution in [-0.4, -0.2) is 20.9 Å². The summed E-state index contributed by atoms with van der Waals surface area (Å²) < 4.78 is 57.9. The molecule has 9 heteroatoms. The van der Waals surface area contributed by atoms with E-state index in [1.807, 2.05) is 0 Å². The van der Waals surface area contributed by atoms with Gasteiger partial charge in [-0.25, -0.2) is 17.2 Å². The van der Waals surface area contributed by atoms with E-state index in [2.05, 4.69) is 10.0 Å². The van der Waals surface area contributed by atoms with Crippen molar-refractivity contribution in [2.75, 3.05) is 16.6 Å². The molecule has 3 aromatic carbocycles. The molecule has 0 radical (unpaired) electrons. The Morgan fingerprint density at radius 3 is 1.90 bits per heavy atom. The second kappa shape index (κ2) is 8.70. The number of benzene rings is 3. The second-order valence-electron chi connectivity index (χ2n) is 5.93. The van der Waals surface area contributed by atoms with Gasteiger partial charge in [-0.2, -0.15) is 0 Å². The molecule has 1 amide bonds. The van der Waals surface area contributed by atoms with Crippen molar-refractivity contribution in [3.63, 3.8) is 0 Å². The molecular formula is C20H16F2N2O4S. The first-order chi connectivity index (χ1) is 13.8. The van der Waals surface area contributed by atoms with E-state index in [9.17, 15) is 22.0 Å². The minimum Gasteiger partial charge on any atom is -0.484 e. The van der Waals surface area contributed by atoms with Crippen LogP contribution in [0.3, 0.4) is 0 Å². The predicted octanol–water partition coefficient (Wildman–Crippen LogP) is 3.78. The van der Waals surface area contributed by atoms with Crippen molar-refractivity contribution in [1.82, 2.24) is 0 Å². The van der Waals surface area contributed by atoms with Gasteiger partial charge in [-0.15, -0.1) is 0 Å². The highest BCUT2D eigenvalue weighted by atomic mass is 32.2. The van der Waals surface area contributed by atoms with E-state index in [4.69, 9.17) is 4.74 Å². The highest BCUT2D eigenvalue weighted by Gasteiger charge is 2.14. The van der Waals surface area contributed by atoms with Crippen LogP contribution < -0.4 is 14.8 Å². The Kier molecular flexibility index (Phi) is 6.08. The minimum atomic E-state index is -3.86. The van der Waals surface area contributed by atoms with E-state index >= 15 is 0 Å². The SMILES string of the molecule is O=C(COc1ccc(F)cc1)Nc1ccc(NS(=O)(=O)c2ccc(F)cc2)cc1. The normalized spacial score (nSPS) is 11.0. The third-order valence-electron chi connectivity index (χ3n) is 3.73. The summed E-state index contributed by atoms with van der Waals surface area (Å²) >= 11 is 0. The molecule has 0 unspecified atom stereocenters. The molecule has 2 N–H and O–H groups in total. The minimum absolute atomic E-state index is 0.0748. The lowest BCUT2D eigenvalue weighted by Gasteiger charge is -2.10. The van der Waals surface area contributed by atoms with Crippen molar-refractivity contribution in [2.45, 2.75) is 4.90 Å². The number of rotatable bonds is 7. The number of nitrogens with one attached hydrogen (secondary N) is 2. The molecule has 0 aromatic heterocycles. The van der Waals surface area contributed by atoms with Gasteiger partial charge in [-0.3, -0.25) is 9.52 Å². The summed E-state index contributed by atoms with van der Waals surface area (Å²) in [6, 6.07) is 15.7. The highest BCUT2D eigenvalue weighted by Crippen LogP contribution is 2.19. The second-order valence-corrected chi connectivity index (χ2v) is 7.61. The molecule has 6 nitrogen and oxygen atoms in total. The van der Waals surface area contributed by atoms with Gasteiger partial charge in [-0.05, 0) is 72.8 Å². The number of ether oxygens (including phenoxy) is 1. The van der Waals surface area contributed by atoms with Crippen LogP contribution >= 0.6 is 0 Å². The van der Waals surface area contributed by atoms with Gasteiger partial charge in [0.15, 0.2) is 6.61 Å². The summed E-state index contributed by atoms with van der Waals surface area (Å²) in [6.45, 7) is -0.273. The standard InChI is InChI=1S/C20H16F2N2O4S/c21-14-1-9-18(10-2-14)28-13-20(25)23-16-5-7-17(8-6-16)24-29(26,27)19-11-3-15(22)4-12-19/h1-12,24H,13H2,(H,23,25). The Labute approximate surface area is 166 Å². The number of anilines is 2. The van der Waals surface area contributed by atoms with Gasteiger partial charge in [-0.1, -0.05) is 0 Å². The monoisotopic (exact) mass is 418 g/mol. The summed E-state index contributed by atoms with van der Waals surface area (Å²) in [5.74, 6) is -1.02. The zero-order valence-corrected chi connectivity index (χ0v) is 15.7. The Balaban J connectivity index is 1.56.